The molecule has 9 heteroatoms. The first-order valence-electron chi connectivity index (χ1n) is 10.9. The van der Waals surface area contributed by atoms with E-state index < -0.39 is 0 Å². The summed E-state index contributed by atoms with van der Waals surface area (Å²) in [5.74, 6) is 3.47. The minimum absolute atomic E-state index is 0. The first-order valence-corrected chi connectivity index (χ1v) is 10.9. The Kier molecular flexibility index (Phi) is 10.6. The SMILES string of the molecule is CCCN1CCC(CN=C(NCC)NC2CCc3nc(COC)nn3C2)CC1.I. The van der Waals surface area contributed by atoms with Gasteiger partial charge in [0.15, 0.2) is 11.8 Å². The Morgan fingerprint density at radius 3 is 2.72 bits per heavy atom. The van der Waals surface area contributed by atoms with Crippen molar-refractivity contribution in [2.75, 3.05) is 39.8 Å². The number of aryl methyl sites for hydroxylation is 1. The van der Waals surface area contributed by atoms with Crippen molar-refractivity contribution >= 4 is 29.9 Å². The summed E-state index contributed by atoms with van der Waals surface area (Å²) in [5, 5.41) is 11.6. The van der Waals surface area contributed by atoms with Crippen molar-refractivity contribution < 1.29 is 4.74 Å². The number of piperidine rings is 1. The molecule has 0 radical (unpaired) electrons. The van der Waals surface area contributed by atoms with E-state index in [1.807, 2.05) is 4.68 Å². The van der Waals surface area contributed by atoms with Gasteiger partial charge in [-0.05, 0) is 58.2 Å². The van der Waals surface area contributed by atoms with Gasteiger partial charge < -0.3 is 20.3 Å². The molecule has 0 amide bonds. The van der Waals surface area contributed by atoms with Gasteiger partial charge in [0.05, 0.1) is 6.54 Å². The molecule has 1 atom stereocenters. The van der Waals surface area contributed by atoms with Crippen molar-refractivity contribution in [3.8, 4) is 0 Å². The number of hydrogen-bond donors (Lipinski definition) is 2. The highest BCUT2D eigenvalue weighted by molar-refractivity contribution is 14.0. The van der Waals surface area contributed by atoms with Crippen molar-refractivity contribution in [3.63, 3.8) is 0 Å². The summed E-state index contributed by atoms with van der Waals surface area (Å²) in [6, 6.07) is 0.328. The molecule has 3 rings (SSSR count). The van der Waals surface area contributed by atoms with E-state index in [0.717, 1.165) is 50.1 Å². The molecule has 1 fully saturated rings. The lowest BCUT2D eigenvalue weighted by Crippen LogP contribution is -2.47. The van der Waals surface area contributed by atoms with Crippen LogP contribution in [0.3, 0.4) is 0 Å². The number of aliphatic imine (C=N–C) groups is 1. The van der Waals surface area contributed by atoms with Gasteiger partial charge in [-0.25, -0.2) is 9.67 Å². The molecular weight excluding hydrogens is 481 g/mol. The summed E-state index contributed by atoms with van der Waals surface area (Å²) in [4.78, 5) is 12.0. The number of nitrogens with zero attached hydrogens (tertiary/aromatic N) is 5. The van der Waals surface area contributed by atoms with E-state index in [2.05, 4.69) is 39.5 Å². The fraction of sp³-hybridized carbons (Fsp3) is 0.850. The van der Waals surface area contributed by atoms with Gasteiger partial charge in [0.2, 0.25) is 0 Å². The largest absolute Gasteiger partial charge is 0.377 e. The first kappa shape index (κ1) is 24.3. The Hall–Kier alpha value is -0.940. The minimum atomic E-state index is 0. The number of rotatable bonds is 8. The van der Waals surface area contributed by atoms with Gasteiger partial charge in [-0.1, -0.05) is 6.92 Å². The highest BCUT2D eigenvalue weighted by Crippen LogP contribution is 2.18. The van der Waals surface area contributed by atoms with Gasteiger partial charge in [0.1, 0.15) is 12.4 Å². The van der Waals surface area contributed by atoms with Crippen molar-refractivity contribution in [2.24, 2.45) is 10.9 Å². The third-order valence-corrected chi connectivity index (χ3v) is 5.62. The maximum absolute atomic E-state index is 5.15. The van der Waals surface area contributed by atoms with Crippen LogP contribution in [-0.4, -0.2) is 71.5 Å². The Morgan fingerprint density at radius 1 is 1.24 bits per heavy atom. The molecule has 1 saturated heterocycles. The number of aromatic nitrogens is 3. The van der Waals surface area contributed by atoms with E-state index >= 15 is 0 Å². The highest BCUT2D eigenvalue weighted by atomic mass is 127. The van der Waals surface area contributed by atoms with Crippen molar-refractivity contribution in [3.05, 3.63) is 11.6 Å². The van der Waals surface area contributed by atoms with Gasteiger partial charge in [-0.15, -0.1) is 24.0 Å². The number of methoxy groups -OCH3 is 1. The third-order valence-electron chi connectivity index (χ3n) is 5.62. The number of likely N-dealkylation sites (tertiary alicyclic amines) is 1. The van der Waals surface area contributed by atoms with Crippen molar-refractivity contribution in [1.29, 1.82) is 0 Å². The average molecular weight is 519 g/mol. The zero-order valence-electron chi connectivity index (χ0n) is 18.2. The molecule has 1 unspecified atom stereocenters. The maximum atomic E-state index is 5.15. The first-order chi connectivity index (χ1) is 13.7. The number of halogens is 1. The predicted molar refractivity (Wildman–Crippen MR) is 127 cm³/mol. The van der Waals surface area contributed by atoms with Crippen LogP contribution in [0.2, 0.25) is 0 Å². The molecule has 1 aromatic rings. The summed E-state index contributed by atoms with van der Waals surface area (Å²) >= 11 is 0. The number of guanidine groups is 1. The Labute approximate surface area is 192 Å². The van der Waals surface area contributed by atoms with E-state index in [0.29, 0.717) is 18.6 Å². The molecule has 0 spiro atoms. The lowest BCUT2D eigenvalue weighted by Gasteiger charge is -2.31. The molecule has 166 valence electrons. The maximum Gasteiger partial charge on any atom is 0.191 e. The van der Waals surface area contributed by atoms with Gasteiger partial charge in [0, 0.05) is 32.7 Å². The summed E-state index contributed by atoms with van der Waals surface area (Å²) in [7, 11) is 1.68. The Bertz CT molecular complexity index is 628. The van der Waals surface area contributed by atoms with Crippen LogP contribution in [0.5, 0.6) is 0 Å². The van der Waals surface area contributed by atoms with E-state index in [1.54, 1.807) is 7.11 Å². The fourth-order valence-corrected chi connectivity index (χ4v) is 4.11. The summed E-state index contributed by atoms with van der Waals surface area (Å²) < 4.78 is 7.17. The lowest BCUT2D eigenvalue weighted by molar-refractivity contribution is 0.177. The second-order valence-electron chi connectivity index (χ2n) is 7.94. The molecule has 2 aliphatic rings. The zero-order valence-corrected chi connectivity index (χ0v) is 20.5. The van der Waals surface area contributed by atoms with Crippen LogP contribution >= 0.6 is 24.0 Å². The molecule has 0 bridgehead atoms. The molecule has 3 heterocycles. The van der Waals surface area contributed by atoms with Crippen LogP contribution in [0.25, 0.3) is 0 Å². The fourth-order valence-electron chi connectivity index (χ4n) is 4.11. The van der Waals surface area contributed by atoms with E-state index in [9.17, 15) is 0 Å². The normalized spacial score (nSPS) is 20.8. The topological polar surface area (TPSA) is 79.6 Å². The lowest BCUT2D eigenvalue weighted by atomic mass is 9.97. The molecule has 0 aliphatic carbocycles. The van der Waals surface area contributed by atoms with Crippen LogP contribution in [0.4, 0.5) is 0 Å². The quantitative estimate of drug-likeness (QED) is 0.311. The van der Waals surface area contributed by atoms with Gasteiger partial charge in [-0.3, -0.25) is 4.99 Å². The predicted octanol–water partition coefficient (Wildman–Crippen LogP) is 2.03. The molecular formula is C20H38IN7O. The molecule has 2 aliphatic heterocycles. The second kappa shape index (κ2) is 12.7. The van der Waals surface area contributed by atoms with E-state index in [-0.39, 0.29) is 24.0 Å². The van der Waals surface area contributed by atoms with Crippen molar-refractivity contribution in [2.45, 2.75) is 65.1 Å². The van der Waals surface area contributed by atoms with Gasteiger partial charge in [-0.2, -0.15) is 5.10 Å². The summed E-state index contributed by atoms with van der Waals surface area (Å²) in [6.07, 6.45) is 5.75. The summed E-state index contributed by atoms with van der Waals surface area (Å²) in [6.45, 7) is 11.1. The monoisotopic (exact) mass is 519 g/mol. The molecule has 2 N–H and O–H groups in total. The molecule has 29 heavy (non-hydrogen) atoms. The zero-order chi connectivity index (χ0) is 19.8. The third kappa shape index (κ3) is 7.36. The second-order valence-corrected chi connectivity index (χ2v) is 7.94. The van der Waals surface area contributed by atoms with Crippen LogP contribution in [0.1, 0.15) is 51.2 Å². The molecule has 0 saturated carbocycles. The van der Waals surface area contributed by atoms with E-state index in [1.165, 1.54) is 38.9 Å². The number of nitrogens with one attached hydrogen (secondary N) is 2. The van der Waals surface area contributed by atoms with Crippen LogP contribution in [0, 0.1) is 5.92 Å². The van der Waals surface area contributed by atoms with Gasteiger partial charge >= 0.3 is 0 Å². The highest BCUT2D eigenvalue weighted by Gasteiger charge is 2.23. The Balaban J connectivity index is 0.00000300. The molecule has 0 aromatic carbocycles. The molecule has 8 nitrogen and oxygen atoms in total. The van der Waals surface area contributed by atoms with Crippen molar-refractivity contribution in [1.82, 2.24) is 30.3 Å². The number of ether oxygens (including phenoxy) is 1. The van der Waals surface area contributed by atoms with Crippen LogP contribution < -0.4 is 10.6 Å². The average Bonchev–Trinajstić information content (AvgIpc) is 3.10. The number of hydrogen-bond acceptors (Lipinski definition) is 5. The van der Waals surface area contributed by atoms with Gasteiger partial charge in [0.25, 0.3) is 0 Å². The molecule has 1 aromatic heterocycles. The minimum Gasteiger partial charge on any atom is -0.377 e. The number of fused-ring (bicyclic) bond motifs is 1. The van der Waals surface area contributed by atoms with Crippen LogP contribution in [0.15, 0.2) is 4.99 Å². The van der Waals surface area contributed by atoms with E-state index in [4.69, 9.17) is 9.73 Å². The summed E-state index contributed by atoms with van der Waals surface area (Å²) in [5.41, 5.74) is 0. The van der Waals surface area contributed by atoms with Crippen LogP contribution in [-0.2, 0) is 24.3 Å². The Morgan fingerprint density at radius 2 is 2.03 bits per heavy atom. The smallest absolute Gasteiger partial charge is 0.191 e. The standard InChI is InChI=1S/C20H37N7O.HI/c1-4-10-26-11-8-16(9-12-26)13-22-20(21-5-2)23-17-6-7-19-24-18(15-28-3)25-27(19)14-17;/h16-17H,4-15H2,1-3H3,(H2,21,22,23);1H.